The van der Waals surface area contributed by atoms with Crippen LogP contribution in [0.4, 0.5) is 5.69 Å². The molecule has 1 heterocycles. The molecule has 0 radical (unpaired) electrons. The van der Waals surface area contributed by atoms with Crippen molar-refractivity contribution < 1.29 is 9.53 Å². The Balaban J connectivity index is 2.02. The van der Waals surface area contributed by atoms with E-state index in [9.17, 15) is 4.79 Å². The third kappa shape index (κ3) is 1.83. The van der Waals surface area contributed by atoms with Crippen molar-refractivity contribution in [2.24, 2.45) is 0 Å². The average Bonchev–Trinajstić information content (AvgIpc) is 2.39. The van der Waals surface area contributed by atoms with Crippen molar-refractivity contribution in [3.63, 3.8) is 0 Å². The second-order valence-corrected chi connectivity index (χ2v) is 4.42. The first-order valence-corrected chi connectivity index (χ1v) is 5.94. The molecule has 0 spiro atoms. The van der Waals surface area contributed by atoms with Crippen molar-refractivity contribution in [1.82, 2.24) is 0 Å². The lowest BCUT2D eigenvalue weighted by atomic mass is 10.1. The summed E-state index contributed by atoms with van der Waals surface area (Å²) in [5, 5.41) is 3.29. The molecule has 3 rings (SSSR count). The number of anilines is 1. The molecule has 0 aromatic heterocycles. The van der Waals surface area contributed by atoms with Crippen LogP contribution in [0.25, 0.3) is 0 Å². The highest BCUT2D eigenvalue weighted by molar-refractivity contribution is 6.32. The summed E-state index contributed by atoms with van der Waals surface area (Å²) in [4.78, 5) is 12.0. The van der Waals surface area contributed by atoms with Gasteiger partial charge in [-0.2, -0.15) is 0 Å². The Labute approximate surface area is 109 Å². The van der Waals surface area contributed by atoms with Crippen LogP contribution in [0.5, 0.6) is 5.75 Å². The zero-order valence-corrected chi connectivity index (χ0v) is 10.1. The fourth-order valence-corrected chi connectivity index (χ4v) is 2.16. The zero-order valence-electron chi connectivity index (χ0n) is 9.39. The van der Waals surface area contributed by atoms with Crippen LogP contribution in [0.15, 0.2) is 48.5 Å². The smallest absolute Gasteiger partial charge is 0.270 e. The Morgan fingerprint density at radius 3 is 2.61 bits per heavy atom. The van der Waals surface area contributed by atoms with Crippen molar-refractivity contribution in [3.8, 4) is 5.75 Å². The van der Waals surface area contributed by atoms with E-state index in [1.165, 1.54) is 0 Å². The largest absolute Gasteiger partial charge is 0.472 e. The maximum absolute atomic E-state index is 12.0. The Kier molecular flexibility index (Phi) is 2.68. The van der Waals surface area contributed by atoms with Crippen LogP contribution >= 0.6 is 11.6 Å². The van der Waals surface area contributed by atoms with E-state index in [2.05, 4.69) is 5.32 Å². The van der Waals surface area contributed by atoms with Gasteiger partial charge in [0, 0.05) is 5.56 Å². The molecule has 1 aliphatic rings. The monoisotopic (exact) mass is 259 g/mol. The molecule has 2 aromatic rings. The summed E-state index contributed by atoms with van der Waals surface area (Å²) in [7, 11) is 0. The minimum atomic E-state index is -0.654. The van der Waals surface area contributed by atoms with Gasteiger partial charge in [-0.3, -0.25) is 4.79 Å². The van der Waals surface area contributed by atoms with Gasteiger partial charge in [-0.05, 0) is 12.1 Å². The zero-order chi connectivity index (χ0) is 12.5. The van der Waals surface area contributed by atoms with Crippen molar-refractivity contribution in [1.29, 1.82) is 0 Å². The molecule has 4 heteroatoms. The number of fused-ring (bicyclic) bond motifs is 1. The van der Waals surface area contributed by atoms with Gasteiger partial charge in [-0.25, -0.2) is 0 Å². The number of carbonyl (C=O) groups excluding carboxylic acids is 1. The number of carbonyl (C=O) groups is 1. The van der Waals surface area contributed by atoms with E-state index in [-0.39, 0.29) is 5.91 Å². The van der Waals surface area contributed by atoms with Crippen molar-refractivity contribution in [3.05, 3.63) is 59.1 Å². The topological polar surface area (TPSA) is 38.3 Å². The van der Waals surface area contributed by atoms with Crippen LogP contribution in [0.1, 0.15) is 11.7 Å². The lowest BCUT2D eigenvalue weighted by Crippen LogP contribution is -2.30. The molecule has 1 N–H and O–H groups in total. The molecule has 1 amide bonds. The van der Waals surface area contributed by atoms with Crippen molar-refractivity contribution in [2.75, 3.05) is 5.32 Å². The Bertz CT molecular complexity index is 598. The number of ether oxygens (including phenoxy) is 1. The van der Waals surface area contributed by atoms with E-state index in [1.54, 1.807) is 18.2 Å². The highest BCUT2D eigenvalue weighted by Gasteiger charge is 2.30. The summed E-state index contributed by atoms with van der Waals surface area (Å²) in [6.07, 6.45) is -0.654. The van der Waals surface area contributed by atoms with Gasteiger partial charge in [0.25, 0.3) is 5.91 Å². The molecule has 1 aliphatic heterocycles. The van der Waals surface area contributed by atoms with Crippen LogP contribution in [0.3, 0.4) is 0 Å². The van der Waals surface area contributed by atoms with Crippen LogP contribution < -0.4 is 10.1 Å². The number of benzene rings is 2. The highest BCUT2D eigenvalue weighted by atomic mass is 35.5. The summed E-state index contributed by atoms with van der Waals surface area (Å²) in [6.45, 7) is 0. The molecule has 0 saturated carbocycles. The maximum atomic E-state index is 12.0. The number of hydrogen-bond donors (Lipinski definition) is 1. The first-order chi connectivity index (χ1) is 8.75. The number of para-hydroxylation sites is 1. The first kappa shape index (κ1) is 11.1. The summed E-state index contributed by atoms with van der Waals surface area (Å²) < 4.78 is 5.72. The van der Waals surface area contributed by atoms with E-state index in [4.69, 9.17) is 16.3 Å². The number of nitrogens with one attached hydrogen (secondary N) is 1. The van der Waals surface area contributed by atoms with E-state index in [0.717, 1.165) is 5.56 Å². The molecular formula is C14H10ClNO2. The Morgan fingerprint density at radius 1 is 1.06 bits per heavy atom. The fourth-order valence-electron chi connectivity index (χ4n) is 1.94. The molecule has 0 fully saturated rings. The van der Waals surface area contributed by atoms with Crippen molar-refractivity contribution >= 4 is 23.2 Å². The molecular weight excluding hydrogens is 250 g/mol. The second-order valence-electron chi connectivity index (χ2n) is 4.01. The third-order valence-electron chi connectivity index (χ3n) is 2.80. The van der Waals surface area contributed by atoms with Gasteiger partial charge in [0.05, 0.1) is 10.7 Å². The third-order valence-corrected chi connectivity index (χ3v) is 3.10. The summed E-state index contributed by atoms with van der Waals surface area (Å²) in [6, 6.07) is 14.6. The number of halogens is 1. The molecule has 0 bridgehead atoms. The van der Waals surface area contributed by atoms with Crippen LogP contribution in [0, 0.1) is 0 Å². The SMILES string of the molecule is O=C1Nc2cccc(Cl)c2OC1c1ccccc1. The minimum Gasteiger partial charge on any atom is -0.472 e. The quantitative estimate of drug-likeness (QED) is 0.852. The van der Waals surface area contributed by atoms with Gasteiger partial charge >= 0.3 is 0 Å². The van der Waals surface area contributed by atoms with E-state index < -0.39 is 6.10 Å². The van der Waals surface area contributed by atoms with Gasteiger partial charge in [0.1, 0.15) is 0 Å². The molecule has 1 unspecified atom stereocenters. The van der Waals surface area contributed by atoms with Crippen molar-refractivity contribution in [2.45, 2.75) is 6.10 Å². The predicted molar refractivity (Wildman–Crippen MR) is 69.9 cm³/mol. The molecule has 2 aromatic carbocycles. The highest BCUT2D eigenvalue weighted by Crippen LogP contribution is 2.39. The Morgan fingerprint density at radius 2 is 1.83 bits per heavy atom. The van der Waals surface area contributed by atoms with E-state index >= 15 is 0 Å². The van der Waals surface area contributed by atoms with Gasteiger partial charge in [0.15, 0.2) is 5.75 Å². The normalized spacial score (nSPS) is 17.6. The van der Waals surface area contributed by atoms with Gasteiger partial charge in [0.2, 0.25) is 6.10 Å². The van der Waals surface area contributed by atoms with Gasteiger partial charge in [-0.15, -0.1) is 0 Å². The summed E-state index contributed by atoms with van der Waals surface area (Å²) in [5.41, 5.74) is 1.42. The van der Waals surface area contributed by atoms with Gasteiger partial charge in [-0.1, -0.05) is 48.0 Å². The number of rotatable bonds is 1. The average molecular weight is 260 g/mol. The molecule has 1 atom stereocenters. The van der Waals surface area contributed by atoms with Crippen LogP contribution in [-0.4, -0.2) is 5.91 Å². The lowest BCUT2D eigenvalue weighted by molar-refractivity contribution is -0.123. The molecule has 0 aliphatic carbocycles. The standard InChI is InChI=1S/C14H10ClNO2/c15-10-7-4-8-11-13(10)18-12(14(17)16-11)9-5-2-1-3-6-9/h1-8,12H,(H,16,17). The van der Waals surface area contributed by atoms with Crippen LogP contribution in [-0.2, 0) is 4.79 Å². The van der Waals surface area contributed by atoms with E-state index in [0.29, 0.717) is 16.5 Å². The summed E-state index contributed by atoms with van der Waals surface area (Å²) >= 11 is 6.07. The van der Waals surface area contributed by atoms with Crippen LogP contribution in [0.2, 0.25) is 5.02 Å². The molecule has 90 valence electrons. The molecule has 18 heavy (non-hydrogen) atoms. The second kappa shape index (κ2) is 4.35. The molecule has 3 nitrogen and oxygen atoms in total. The lowest BCUT2D eigenvalue weighted by Gasteiger charge is -2.26. The predicted octanol–water partition coefficient (Wildman–Crippen LogP) is 3.41. The number of amides is 1. The first-order valence-electron chi connectivity index (χ1n) is 5.56. The fraction of sp³-hybridized carbons (Fsp3) is 0.0714. The maximum Gasteiger partial charge on any atom is 0.270 e. The number of hydrogen-bond acceptors (Lipinski definition) is 2. The molecule has 0 saturated heterocycles. The summed E-state index contributed by atoms with van der Waals surface area (Å²) in [5.74, 6) is 0.337. The van der Waals surface area contributed by atoms with E-state index in [1.807, 2.05) is 30.3 Å². The Hall–Kier alpha value is -2.00. The van der Waals surface area contributed by atoms with Gasteiger partial charge < -0.3 is 10.1 Å². The minimum absolute atomic E-state index is 0.184.